The van der Waals surface area contributed by atoms with E-state index in [2.05, 4.69) is 31.0 Å². The standard InChI is InChI=1S/C36H51N3O6/c1-35(2)19-29-20-36(3,23-35)24-39(29)21-30-18-31(26-15-13-25(22-40)14-16-26)45-34(44-30)27-9-8-10-28(17-27)37-32(41)11-6-4-5-7-12-33(42)38-43/h8-10,13-17,29-31,34,40,43H,4-7,11-12,18-24H2,1-3H3,(H,37,41)(H,38,42)/t29-,30+,31-,34-,36-/m0/s1. The van der Waals surface area contributed by atoms with Crippen LogP contribution in [0.25, 0.3) is 0 Å². The van der Waals surface area contributed by atoms with Crippen LogP contribution in [0.2, 0.25) is 0 Å². The second kappa shape index (κ2) is 14.7. The number of carbonyl (C=O) groups excluding carboxylic acids is 2. The van der Waals surface area contributed by atoms with Crippen molar-refractivity contribution in [3.63, 3.8) is 0 Å². The molecule has 45 heavy (non-hydrogen) atoms. The Bertz CT molecular complexity index is 1300. The van der Waals surface area contributed by atoms with E-state index in [9.17, 15) is 14.7 Å². The number of nitrogens with one attached hydrogen (secondary N) is 2. The van der Waals surface area contributed by atoms with Crippen LogP contribution >= 0.6 is 0 Å². The van der Waals surface area contributed by atoms with Gasteiger partial charge in [0, 0.05) is 49.6 Å². The molecular formula is C36H51N3O6. The van der Waals surface area contributed by atoms with Crippen LogP contribution in [-0.2, 0) is 25.7 Å². The Labute approximate surface area is 267 Å². The van der Waals surface area contributed by atoms with Crippen LogP contribution in [0, 0.1) is 10.8 Å². The number of ether oxygens (including phenoxy) is 2. The number of nitrogens with zero attached hydrogens (tertiary/aromatic N) is 1. The molecule has 0 radical (unpaired) electrons. The SMILES string of the molecule is CC1(C)C[C@H]2C[C@](C)(CN2C[C@H]2C[C@@H](c3ccc(CO)cc3)O[C@@H](c3cccc(NC(=O)CCCCCCC(=O)NO)c3)O2)C1. The van der Waals surface area contributed by atoms with Gasteiger partial charge in [0.05, 0.1) is 18.8 Å². The van der Waals surface area contributed by atoms with E-state index in [0.717, 1.165) is 55.5 Å². The van der Waals surface area contributed by atoms with Crippen molar-refractivity contribution < 1.29 is 29.4 Å². The monoisotopic (exact) mass is 621 g/mol. The van der Waals surface area contributed by atoms with Crippen molar-refractivity contribution >= 4 is 17.5 Å². The molecule has 9 heteroatoms. The van der Waals surface area contributed by atoms with Gasteiger partial charge in [0.15, 0.2) is 6.29 Å². The third kappa shape index (κ3) is 9.14. The van der Waals surface area contributed by atoms with E-state index in [-0.39, 0.29) is 37.0 Å². The number of unbranched alkanes of at least 4 members (excludes halogenated alkanes) is 3. The molecule has 0 aromatic heterocycles. The van der Waals surface area contributed by atoms with Crippen LogP contribution in [-0.4, -0.2) is 52.3 Å². The van der Waals surface area contributed by atoms with E-state index in [1.807, 2.05) is 48.5 Å². The van der Waals surface area contributed by atoms with Crippen LogP contribution < -0.4 is 10.8 Å². The number of rotatable bonds is 13. The minimum Gasteiger partial charge on any atom is -0.392 e. The Morgan fingerprint density at radius 3 is 2.38 bits per heavy atom. The van der Waals surface area contributed by atoms with Gasteiger partial charge in [0.2, 0.25) is 11.8 Å². The molecule has 0 spiro atoms. The third-order valence-electron chi connectivity index (χ3n) is 9.70. The number of hydroxylamine groups is 1. The highest BCUT2D eigenvalue weighted by molar-refractivity contribution is 5.90. The summed E-state index contributed by atoms with van der Waals surface area (Å²) in [5.41, 5.74) is 5.86. The van der Waals surface area contributed by atoms with E-state index in [1.165, 1.54) is 19.3 Å². The quantitative estimate of drug-likeness (QED) is 0.116. The Kier molecular flexibility index (Phi) is 11.0. The van der Waals surface area contributed by atoms with Crippen molar-refractivity contribution in [2.45, 2.75) is 116 Å². The molecule has 5 atom stereocenters. The van der Waals surface area contributed by atoms with Crippen LogP contribution in [0.4, 0.5) is 5.69 Å². The summed E-state index contributed by atoms with van der Waals surface area (Å²) >= 11 is 0. The van der Waals surface area contributed by atoms with Crippen LogP contribution in [0.5, 0.6) is 0 Å². The van der Waals surface area contributed by atoms with Crippen molar-refractivity contribution in [1.29, 1.82) is 0 Å². The fourth-order valence-electron chi connectivity index (χ4n) is 8.05. The first-order chi connectivity index (χ1) is 21.5. The number of fused-ring (bicyclic) bond motifs is 2. The van der Waals surface area contributed by atoms with Crippen LogP contribution in [0.1, 0.15) is 114 Å². The molecule has 2 aromatic rings. The number of benzene rings is 2. The van der Waals surface area contributed by atoms with Gasteiger partial charge < -0.3 is 19.9 Å². The lowest BCUT2D eigenvalue weighted by Crippen LogP contribution is -2.42. The van der Waals surface area contributed by atoms with Gasteiger partial charge >= 0.3 is 0 Å². The molecule has 3 aliphatic rings. The molecule has 2 saturated heterocycles. The average molecular weight is 622 g/mol. The zero-order valence-electron chi connectivity index (χ0n) is 27.1. The number of carbonyl (C=O) groups is 2. The van der Waals surface area contributed by atoms with Gasteiger partial charge in [0.1, 0.15) is 0 Å². The van der Waals surface area contributed by atoms with Crippen molar-refractivity contribution in [1.82, 2.24) is 10.4 Å². The molecule has 246 valence electrons. The molecular weight excluding hydrogens is 570 g/mol. The molecule has 1 aliphatic carbocycles. The van der Waals surface area contributed by atoms with Gasteiger partial charge in [0.25, 0.3) is 0 Å². The summed E-state index contributed by atoms with van der Waals surface area (Å²) in [6, 6.07) is 16.3. The molecule has 2 heterocycles. The predicted octanol–water partition coefficient (Wildman–Crippen LogP) is 6.41. The lowest BCUT2D eigenvalue weighted by atomic mass is 9.65. The average Bonchev–Trinajstić information content (AvgIpc) is 3.25. The lowest BCUT2D eigenvalue weighted by Gasteiger charge is -2.41. The Morgan fingerprint density at radius 2 is 1.67 bits per heavy atom. The molecule has 2 aromatic carbocycles. The summed E-state index contributed by atoms with van der Waals surface area (Å²) in [7, 11) is 0. The first kappa shape index (κ1) is 33.5. The van der Waals surface area contributed by atoms with Gasteiger partial charge in [-0.25, -0.2) is 5.48 Å². The molecule has 1 saturated carbocycles. The van der Waals surface area contributed by atoms with Gasteiger partial charge in [-0.3, -0.25) is 19.7 Å². The summed E-state index contributed by atoms with van der Waals surface area (Å²) in [5, 5.41) is 21.2. The van der Waals surface area contributed by atoms with Crippen LogP contribution in [0.3, 0.4) is 0 Å². The Morgan fingerprint density at radius 1 is 0.933 bits per heavy atom. The summed E-state index contributed by atoms with van der Waals surface area (Å²) in [6.45, 7) is 9.22. The molecule has 9 nitrogen and oxygen atoms in total. The van der Waals surface area contributed by atoms with Crippen molar-refractivity contribution in [2.24, 2.45) is 10.8 Å². The van der Waals surface area contributed by atoms with Crippen molar-refractivity contribution in [3.8, 4) is 0 Å². The zero-order chi connectivity index (χ0) is 32.0. The number of amides is 2. The highest BCUT2D eigenvalue weighted by atomic mass is 16.7. The third-order valence-corrected chi connectivity index (χ3v) is 9.70. The van der Waals surface area contributed by atoms with Crippen molar-refractivity contribution in [3.05, 3.63) is 65.2 Å². The molecule has 2 amide bonds. The normalized spacial score (nSPS) is 27.7. The minimum absolute atomic E-state index is 0.00743. The first-order valence-corrected chi connectivity index (χ1v) is 16.6. The fourth-order valence-corrected chi connectivity index (χ4v) is 8.05. The van der Waals surface area contributed by atoms with Gasteiger partial charge in [-0.05, 0) is 66.2 Å². The van der Waals surface area contributed by atoms with E-state index in [4.69, 9.17) is 14.7 Å². The highest BCUT2D eigenvalue weighted by Gasteiger charge is 2.50. The van der Waals surface area contributed by atoms with Crippen LogP contribution in [0.15, 0.2) is 48.5 Å². The summed E-state index contributed by atoms with van der Waals surface area (Å²) in [5.74, 6) is -0.435. The number of aliphatic hydroxyl groups excluding tert-OH is 1. The smallest absolute Gasteiger partial charge is 0.243 e. The molecule has 3 fully saturated rings. The van der Waals surface area contributed by atoms with Crippen molar-refractivity contribution in [2.75, 3.05) is 18.4 Å². The highest BCUT2D eigenvalue weighted by Crippen LogP contribution is 2.53. The maximum atomic E-state index is 12.7. The topological polar surface area (TPSA) is 120 Å². The number of likely N-dealkylation sites (tertiary alicyclic amines) is 1. The zero-order valence-corrected chi connectivity index (χ0v) is 27.1. The second-order valence-corrected chi connectivity index (χ2v) is 14.6. The number of hydrogen-bond donors (Lipinski definition) is 4. The molecule has 2 bridgehead atoms. The van der Waals surface area contributed by atoms with Gasteiger partial charge in [-0.15, -0.1) is 0 Å². The summed E-state index contributed by atoms with van der Waals surface area (Å²) < 4.78 is 13.3. The number of hydrogen-bond acceptors (Lipinski definition) is 7. The molecule has 0 unspecified atom stereocenters. The van der Waals surface area contributed by atoms with E-state index in [1.54, 1.807) is 5.48 Å². The molecule has 4 N–H and O–H groups in total. The number of aliphatic hydroxyl groups is 1. The maximum Gasteiger partial charge on any atom is 0.243 e. The summed E-state index contributed by atoms with van der Waals surface area (Å²) in [6.07, 6.45) is 7.48. The van der Waals surface area contributed by atoms with Gasteiger partial charge in [-0.1, -0.05) is 70.0 Å². The Hall–Kier alpha value is -2.82. The van der Waals surface area contributed by atoms with E-state index < -0.39 is 6.29 Å². The molecule has 2 aliphatic heterocycles. The lowest BCUT2D eigenvalue weighted by molar-refractivity contribution is -0.253. The fraction of sp³-hybridized carbons (Fsp3) is 0.611. The van der Waals surface area contributed by atoms with Gasteiger partial charge in [-0.2, -0.15) is 0 Å². The first-order valence-electron chi connectivity index (χ1n) is 16.6. The largest absolute Gasteiger partial charge is 0.392 e. The molecule has 5 rings (SSSR count). The predicted molar refractivity (Wildman–Crippen MR) is 172 cm³/mol. The second-order valence-electron chi connectivity index (χ2n) is 14.6. The van der Waals surface area contributed by atoms with E-state index >= 15 is 0 Å². The maximum absolute atomic E-state index is 12.7. The summed E-state index contributed by atoms with van der Waals surface area (Å²) in [4.78, 5) is 26.5. The Balaban J connectivity index is 1.24. The van der Waals surface area contributed by atoms with E-state index in [0.29, 0.717) is 35.4 Å². The number of anilines is 1. The minimum atomic E-state index is -0.576.